The molecule has 112 valence electrons. The van der Waals surface area contributed by atoms with Crippen molar-refractivity contribution in [1.82, 2.24) is 14.6 Å². The summed E-state index contributed by atoms with van der Waals surface area (Å²) >= 11 is 1.27. The third kappa shape index (κ3) is 2.64. The number of hydrogen-bond donors (Lipinski definition) is 1. The van der Waals surface area contributed by atoms with Crippen LogP contribution in [0, 0.1) is 12.3 Å². The summed E-state index contributed by atoms with van der Waals surface area (Å²) in [6, 6.07) is 0. The second kappa shape index (κ2) is 5.36. The molecule has 0 aliphatic carbocycles. The zero-order valence-electron chi connectivity index (χ0n) is 11.8. The Morgan fingerprint density at radius 2 is 2.20 bits per heavy atom. The normalized spacial score (nSPS) is 28.9. The average Bonchev–Trinajstić information content (AvgIpc) is 2.87. The van der Waals surface area contributed by atoms with Gasteiger partial charge in [0.2, 0.25) is 0 Å². The third-order valence-corrected chi connectivity index (χ3v) is 7.58. The quantitative estimate of drug-likeness (QED) is 0.900. The molecule has 20 heavy (non-hydrogen) atoms. The highest BCUT2D eigenvalue weighted by atomic mass is 32.2. The minimum Gasteiger partial charge on any atom is -0.316 e. The Morgan fingerprint density at radius 3 is 2.85 bits per heavy atom. The lowest BCUT2D eigenvalue weighted by Gasteiger charge is -2.44. The molecule has 2 aliphatic heterocycles. The third-order valence-electron chi connectivity index (χ3n) is 4.38. The number of aromatic nitrogens is 1. The maximum Gasteiger partial charge on any atom is 0.254 e. The van der Waals surface area contributed by atoms with E-state index in [0.29, 0.717) is 17.3 Å². The molecule has 7 heteroatoms. The van der Waals surface area contributed by atoms with E-state index in [1.807, 2.05) is 6.92 Å². The van der Waals surface area contributed by atoms with E-state index in [1.165, 1.54) is 17.5 Å². The first-order valence-corrected chi connectivity index (χ1v) is 9.41. The molecule has 0 saturated carbocycles. The number of piperidine rings is 2. The van der Waals surface area contributed by atoms with Crippen LogP contribution < -0.4 is 5.32 Å². The zero-order valence-corrected chi connectivity index (χ0v) is 13.4. The van der Waals surface area contributed by atoms with Gasteiger partial charge in [0, 0.05) is 19.6 Å². The number of nitrogens with one attached hydrogen (secondary N) is 1. The summed E-state index contributed by atoms with van der Waals surface area (Å²) in [6.07, 6.45) is 5.86. The van der Waals surface area contributed by atoms with Crippen LogP contribution in [0.4, 0.5) is 0 Å². The Morgan fingerprint density at radius 1 is 1.40 bits per heavy atom. The van der Waals surface area contributed by atoms with Crippen LogP contribution in [0.25, 0.3) is 0 Å². The summed E-state index contributed by atoms with van der Waals surface area (Å²) in [5.41, 5.74) is 0.142. The molecule has 1 N–H and O–H groups in total. The SMILES string of the molecule is Cc1ncc(S(=O)(=O)N2CCCC3(CCCNC3)C2)s1. The van der Waals surface area contributed by atoms with Crippen LogP contribution in [0.15, 0.2) is 10.4 Å². The number of nitrogens with zero attached hydrogens (tertiary/aromatic N) is 2. The first-order chi connectivity index (χ1) is 9.52. The fourth-order valence-electron chi connectivity index (χ4n) is 3.33. The van der Waals surface area contributed by atoms with Gasteiger partial charge in [0.05, 0.1) is 11.2 Å². The van der Waals surface area contributed by atoms with Crippen molar-refractivity contribution in [2.75, 3.05) is 26.2 Å². The van der Waals surface area contributed by atoms with Gasteiger partial charge in [0.1, 0.15) is 0 Å². The maximum absolute atomic E-state index is 12.7. The van der Waals surface area contributed by atoms with Crippen LogP contribution in [0.5, 0.6) is 0 Å². The molecule has 2 aliphatic rings. The molecule has 3 rings (SSSR count). The van der Waals surface area contributed by atoms with Gasteiger partial charge in [-0.2, -0.15) is 4.31 Å². The Labute approximate surface area is 124 Å². The van der Waals surface area contributed by atoms with Gasteiger partial charge in [0.25, 0.3) is 10.0 Å². The molecule has 0 bridgehead atoms. The molecule has 1 spiro atoms. The second-order valence-electron chi connectivity index (χ2n) is 5.92. The van der Waals surface area contributed by atoms with E-state index < -0.39 is 10.0 Å². The molecular weight excluding hydrogens is 294 g/mol. The van der Waals surface area contributed by atoms with E-state index in [4.69, 9.17) is 0 Å². The summed E-state index contributed by atoms with van der Waals surface area (Å²) in [5.74, 6) is 0. The highest BCUT2D eigenvalue weighted by Crippen LogP contribution is 2.38. The molecule has 0 amide bonds. The largest absolute Gasteiger partial charge is 0.316 e. The van der Waals surface area contributed by atoms with Gasteiger partial charge in [-0.1, -0.05) is 0 Å². The molecule has 1 aromatic rings. The standard InChI is InChI=1S/C13H21N3O2S2/c1-11-15-8-12(19-11)20(17,18)16-7-3-5-13(10-16)4-2-6-14-9-13/h8,14H,2-7,9-10H2,1H3. The minimum absolute atomic E-state index is 0.142. The zero-order chi connectivity index (χ0) is 14.2. The molecule has 1 unspecified atom stereocenters. The molecule has 1 atom stereocenters. The Kier molecular flexibility index (Phi) is 3.87. The van der Waals surface area contributed by atoms with E-state index in [1.54, 1.807) is 4.31 Å². The van der Waals surface area contributed by atoms with E-state index >= 15 is 0 Å². The van der Waals surface area contributed by atoms with E-state index in [9.17, 15) is 8.42 Å². The first kappa shape index (κ1) is 14.4. The molecule has 2 saturated heterocycles. The lowest BCUT2D eigenvalue weighted by atomic mass is 9.75. The van der Waals surface area contributed by atoms with Gasteiger partial charge in [-0.05, 0) is 44.6 Å². The van der Waals surface area contributed by atoms with E-state index in [0.717, 1.165) is 43.8 Å². The lowest BCUT2D eigenvalue weighted by Crippen LogP contribution is -2.52. The topological polar surface area (TPSA) is 62.3 Å². The highest BCUT2D eigenvalue weighted by Gasteiger charge is 2.41. The van der Waals surface area contributed by atoms with Gasteiger partial charge in [-0.3, -0.25) is 0 Å². The van der Waals surface area contributed by atoms with Crippen LogP contribution >= 0.6 is 11.3 Å². The average molecular weight is 315 g/mol. The van der Waals surface area contributed by atoms with E-state index in [-0.39, 0.29) is 5.41 Å². The van der Waals surface area contributed by atoms with Crippen molar-refractivity contribution < 1.29 is 8.42 Å². The van der Waals surface area contributed by atoms with Crippen molar-refractivity contribution in [2.24, 2.45) is 5.41 Å². The van der Waals surface area contributed by atoms with Crippen LogP contribution in [-0.4, -0.2) is 43.9 Å². The first-order valence-electron chi connectivity index (χ1n) is 7.15. The molecular formula is C13H21N3O2S2. The van der Waals surface area contributed by atoms with Gasteiger partial charge in [-0.25, -0.2) is 13.4 Å². The summed E-state index contributed by atoms with van der Waals surface area (Å²) in [5, 5.41) is 4.23. The molecule has 1 aromatic heterocycles. The summed E-state index contributed by atoms with van der Waals surface area (Å²) in [7, 11) is -3.35. The van der Waals surface area contributed by atoms with Crippen LogP contribution in [-0.2, 0) is 10.0 Å². The molecule has 5 nitrogen and oxygen atoms in total. The number of rotatable bonds is 2. The molecule has 0 aromatic carbocycles. The van der Waals surface area contributed by atoms with Crippen LogP contribution in [0.3, 0.4) is 0 Å². The lowest BCUT2D eigenvalue weighted by molar-refractivity contribution is 0.110. The summed E-state index contributed by atoms with van der Waals surface area (Å²) in [6.45, 7) is 5.13. The predicted molar refractivity (Wildman–Crippen MR) is 79.4 cm³/mol. The smallest absolute Gasteiger partial charge is 0.254 e. The monoisotopic (exact) mass is 315 g/mol. The van der Waals surface area contributed by atoms with Crippen molar-refractivity contribution in [2.45, 2.75) is 36.8 Å². The number of aryl methyl sites for hydroxylation is 1. The summed E-state index contributed by atoms with van der Waals surface area (Å²) in [4.78, 5) is 4.08. The van der Waals surface area contributed by atoms with Crippen molar-refractivity contribution in [3.8, 4) is 0 Å². The Hall–Kier alpha value is -0.500. The van der Waals surface area contributed by atoms with Crippen molar-refractivity contribution in [1.29, 1.82) is 0 Å². The predicted octanol–water partition coefficient (Wildman–Crippen LogP) is 1.61. The Balaban J connectivity index is 1.83. The number of thiazole rings is 1. The molecule has 0 radical (unpaired) electrons. The van der Waals surface area contributed by atoms with Crippen LogP contribution in [0.2, 0.25) is 0 Å². The minimum atomic E-state index is -3.35. The Bertz CT molecular complexity index is 571. The van der Waals surface area contributed by atoms with Gasteiger partial charge in [0.15, 0.2) is 4.21 Å². The van der Waals surface area contributed by atoms with Gasteiger partial charge < -0.3 is 5.32 Å². The fraction of sp³-hybridized carbons (Fsp3) is 0.769. The number of hydrogen-bond acceptors (Lipinski definition) is 5. The second-order valence-corrected chi connectivity index (χ2v) is 9.32. The van der Waals surface area contributed by atoms with Gasteiger partial charge in [-0.15, -0.1) is 11.3 Å². The molecule has 3 heterocycles. The van der Waals surface area contributed by atoms with Gasteiger partial charge >= 0.3 is 0 Å². The van der Waals surface area contributed by atoms with Crippen molar-refractivity contribution in [3.05, 3.63) is 11.2 Å². The van der Waals surface area contributed by atoms with E-state index in [2.05, 4.69) is 10.3 Å². The van der Waals surface area contributed by atoms with Crippen molar-refractivity contribution in [3.63, 3.8) is 0 Å². The fourth-order valence-corrected chi connectivity index (χ4v) is 6.19. The summed E-state index contributed by atoms with van der Waals surface area (Å²) < 4.78 is 27.5. The number of sulfonamides is 1. The van der Waals surface area contributed by atoms with Crippen molar-refractivity contribution >= 4 is 21.4 Å². The molecule has 2 fully saturated rings. The van der Waals surface area contributed by atoms with Crippen LogP contribution in [0.1, 0.15) is 30.7 Å². The maximum atomic E-state index is 12.7. The highest BCUT2D eigenvalue weighted by molar-refractivity contribution is 7.91.